The Morgan fingerprint density at radius 3 is 2.82 bits per heavy atom. The summed E-state index contributed by atoms with van der Waals surface area (Å²) < 4.78 is 0. The highest BCUT2D eigenvalue weighted by atomic mass is 16.3. The first-order chi connectivity index (χ1) is 10.5. The third-order valence-corrected chi connectivity index (χ3v) is 7.26. The van der Waals surface area contributed by atoms with Crippen LogP contribution in [0.15, 0.2) is 30.9 Å². The van der Waals surface area contributed by atoms with Crippen molar-refractivity contribution in [3.05, 3.63) is 42.0 Å². The van der Waals surface area contributed by atoms with E-state index in [1.165, 1.54) is 17.5 Å². The maximum absolute atomic E-state index is 11.0. The normalized spacial score (nSPS) is 43.1. The standard InChI is InChI=1S/C20H26O2/c1-3-20(22)11-9-18-17-6-4-13-12-14(21)5-7-15(13)16(17)8-10-19(18,20)2/h3,5,7,12,16-18,21-22H,1,4,6,8-11H2,2H3/t16-,17-,18+,19+,20+/m1/s1. The molecular formula is C20H26O2. The van der Waals surface area contributed by atoms with Crippen LogP contribution in [-0.2, 0) is 6.42 Å². The van der Waals surface area contributed by atoms with Crippen LogP contribution in [0.5, 0.6) is 5.75 Å². The Morgan fingerprint density at radius 1 is 1.23 bits per heavy atom. The first-order valence-corrected chi connectivity index (χ1v) is 8.66. The zero-order valence-electron chi connectivity index (χ0n) is 13.4. The summed E-state index contributed by atoms with van der Waals surface area (Å²) in [5.74, 6) is 2.26. The number of aryl methyl sites for hydroxylation is 1. The summed E-state index contributed by atoms with van der Waals surface area (Å²) in [6, 6.07) is 5.93. The van der Waals surface area contributed by atoms with Crippen LogP contribution in [0.1, 0.15) is 56.1 Å². The highest BCUT2D eigenvalue weighted by Gasteiger charge is 2.60. The lowest BCUT2D eigenvalue weighted by atomic mass is 9.53. The monoisotopic (exact) mass is 298 g/mol. The summed E-state index contributed by atoms with van der Waals surface area (Å²) >= 11 is 0. The van der Waals surface area contributed by atoms with Crippen molar-refractivity contribution in [3.8, 4) is 5.75 Å². The van der Waals surface area contributed by atoms with Crippen molar-refractivity contribution >= 4 is 0 Å². The minimum atomic E-state index is -0.683. The van der Waals surface area contributed by atoms with E-state index in [1.807, 2.05) is 18.2 Å². The lowest BCUT2D eigenvalue weighted by molar-refractivity contribution is -0.0707. The average molecular weight is 298 g/mol. The molecule has 1 aromatic carbocycles. The lowest BCUT2D eigenvalue weighted by Gasteiger charge is -2.52. The van der Waals surface area contributed by atoms with Gasteiger partial charge in [0.1, 0.15) is 5.75 Å². The molecule has 2 nitrogen and oxygen atoms in total. The van der Waals surface area contributed by atoms with Crippen LogP contribution in [0.25, 0.3) is 0 Å². The zero-order valence-corrected chi connectivity index (χ0v) is 13.4. The van der Waals surface area contributed by atoms with Gasteiger partial charge in [0.25, 0.3) is 0 Å². The number of phenols is 1. The Hall–Kier alpha value is -1.28. The van der Waals surface area contributed by atoms with Crippen molar-refractivity contribution in [2.45, 2.75) is 57.0 Å². The molecule has 118 valence electrons. The van der Waals surface area contributed by atoms with E-state index < -0.39 is 5.60 Å². The Morgan fingerprint density at radius 2 is 2.05 bits per heavy atom. The van der Waals surface area contributed by atoms with Gasteiger partial charge >= 0.3 is 0 Å². The van der Waals surface area contributed by atoms with Gasteiger partial charge in [-0.3, -0.25) is 0 Å². The first-order valence-electron chi connectivity index (χ1n) is 8.66. The molecule has 2 fully saturated rings. The number of aromatic hydroxyl groups is 1. The van der Waals surface area contributed by atoms with E-state index in [2.05, 4.69) is 19.6 Å². The average Bonchev–Trinajstić information content (AvgIpc) is 2.79. The van der Waals surface area contributed by atoms with E-state index in [-0.39, 0.29) is 5.41 Å². The summed E-state index contributed by atoms with van der Waals surface area (Å²) in [6.45, 7) is 6.21. The second-order valence-electron chi connectivity index (χ2n) is 7.92. The fourth-order valence-electron chi connectivity index (χ4n) is 5.96. The fourth-order valence-corrected chi connectivity index (χ4v) is 5.96. The molecule has 0 saturated heterocycles. The van der Waals surface area contributed by atoms with E-state index in [1.54, 1.807) is 0 Å². The molecule has 0 aliphatic heterocycles. The van der Waals surface area contributed by atoms with Gasteiger partial charge in [-0.2, -0.15) is 0 Å². The van der Waals surface area contributed by atoms with E-state index in [4.69, 9.17) is 0 Å². The molecule has 0 spiro atoms. The van der Waals surface area contributed by atoms with E-state index in [0.29, 0.717) is 23.5 Å². The smallest absolute Gasteiger partial charge is 0.115 e. The van der Waals surface area contributed by atoms with Crippen LogP contribution in [0, 0.1) is 17.3 Å². The fraction of sp³-hybridized carbons (Fsp3) is 0.600. The molecule has 0 unspecified atom stereocenters. The molecule has 2 heteroatoms. The van der Waals surface area contributed by atoms with Gasteiger partial charge in [0.2, 0.25) is 0 Å². The maximum Gasteiger partial charge on any atom is 0.115 e. The van der Waals surface area contributed by atoms with Crippen LogP contribution >= 0.6 is 0 Å². The number of fused-ring (bicyclic) bond motifs is 5. The Kier molecular flexibility index (Phi) is 3.00. The Bertz CT molecular complexity index is 622. The van der Waals surface area contributed by atoms with Crippen LogP contribution in [0.2, 0.25) is 0 Å². The van der Waals surface area contributed by atoms with Crippen LogP contribution in [-0.4, -0.2) is 15.8 Å². The minimum absolute atomic E-state index is 0.00958. The number of phenolic OH excluding ortho intramolecular Hbond substituents is 1. The van der Waals surface area contributed by atoms with Gasteiger partial charge in [-0.25, -0.2) is 0 Å². The van der Waals surface area contributed by atoms with Gasteiger partial charge in [0.15, 0.2) is 0 Å². The van der Waals surface area contributed by atoms with Gasteiger partial charge < -0.3 is 10.2 Å². The SMILES string of the molecule is C=C[C@]1(O)CC[C@H]2[C@@H]3CCc4cc(O)ccc4[C@H]3CC[C@@]21C. The van der Waals surface area contributed by atoms with Crippen molar-refractivity contribution in [1.29, 1.82) is 0 Å². The third-order valence-electron chi connectivity index (χ3n) is 7.26. The Labute approximate surface area is 132 Å². The molecular weight excluding hydrogens is 272 g/mol. The lowest BCUT2D eigenvalue weighted by Crippen LogP contribution is -2.49. The van der Waals surface area contributed by atoms with Gasteiger partial charge in [0, 0.05) is 5.41 Å². The molecule has 5 atom stereocenters. The highest BCUT2D eigenvalue weighted by Crippen LogP contribution is 2.64. The zero-order chi connectivity index (χ0) is 15.5. The number of aliphatic hydroxyl groups is 1. The number of hydrogen-bond donors (Lipinski definition) is 2. The predicted octanol–water partition coefficient (Wildman–Crippen LogP) is 4.17. The van der Waals surface area contributed by atoms with Crippen LogP contribution < -0.4 is 0 Å². The van der Waals surface area contributed by atoms with Gasteiger partial charge in [0.05, 0.1) is 5.60 Å². The summed E-state index contributed by atoms with van der Waals surface area (Å²) in [5.41, 5.74) is 2.09. The quantitative estimate of drug-likeness (QED) is 0.764. The Balaban J connectivity index is 1.72. The molecule has 3 aliphatic carbocycles. The molecule has 0 radical (unpaired) electrons. The molecule has 2 N–H and O–H groups in total. The number of benzene rings is 1. The summed E-state index contributed by atoms with van der Waals surface area (Å²) in [7, 11) is 0. The van der Waals surface area contributed by atoms with E-state index in [0.717, 1.165) is 32.1 Å². The predicted molar refractivity (Wildman–Crippen MR) is 87.9 cm³/mol. The molecule has 0 amide bonds. The summed E-state index contributed by atoms with van der Waals surface area (Å²) in [4.78, 5) is 0. The second kappa shape index (κ2) is 4.61. The molecule has 4 rings (SSSR count). The largest absolute Gasteiger partial charge is 0.508 e. The number of hydrogen-bond acceptors (Lipinski definition) is 2. The second-order valence-corrected chi connectivity index (χ2v) is 7.92. The van der Waals surface area contributed by atoms with Crippen molar-refractivity contribution < 1.29 is 10.2 Å². The topological polar surface area (TPSA) is 40.5 Å². The van der Waals surface area contributed by atoms with Crippen molar-refractivity contribution in [2.75, 3.05) is 0 Å². The van der Waals surface area contributed by atoms with E-state index >= 15 is 0 Å². The maximum atomic E-state index is 11.0. The van der Waals surface area contributed by atoms with Crippen LogP contribution in [0.3, 0.4) is 0 Å². The summed E-state index contributed by atoms with van der Waals surface area (Å²) in [5, 5.41) is 20.8. The molecule has 2 saturated carbocycles. The molecule has 22 heavy (non-hydrogen) atoms. The summed E-state index contributed by atoms with van der Waals surface area (Å²) in [6.07, 6.45) is 8.25. The van der Waals surface area contributed by atoms with Crippen LogP contribution in [0.4, 0.5) is 0 Å². The van der Waals surface area contributed by atoms with Gasteiger partial charge in [-0.05, 0) is 79.5 Å². The van der Waals surface area contributed by atoms with E-state index in [9.17, 15) is 10.2 Å². The first kappa shape index (κ1) is 14.3. The highest BCUT2D eigenvalue weighted by molar-refractivity contribution is 5.40. The third kappa shape index (κ3) is 1.70. The molecule has 3 aliphatic rings. The van der Waals surface area contributed by atoms with Crippen molar-refractivity contribution in [1.82, 2.24) is 0 Å². The molecule has 0 aromatic heterocycles. The van der Waals surface area contributed by atoms with Crippen molar-refractivity contribution in [3.63, 3.8) is 0 Å². The molecule has 0 heterocycles. The number of rotatable bonds is 1. The minimum Gasteiger partial charge on any atom is -0.508 e. The van der Waals surface area contributed by atoms with Crippen molar-refractivity contribution in [2.24, 2.45) is 17.3 Å². The molecule has 0 bridgehead atoms. The van der Waals surface area contributed by atoms with Gasteiger partial charge in [-0.15, -0.1) is 6.58 Å². The molecule has 1 aromatic rings. The van der Waals surface area contributed by atoms with Gasteiger partial charge in [-0.1, -0.05) is 19.1 Å².